The SMILES string of the molecule is CCC(C)(CC)S(=O)(=O)NC1CCC(CNc2ccc3c(c2)CCC3)CC1. The van der Waals surface area contributed by atoms with Gasteiger partial charge in [0.1, 0.15) is 0 Å². The molecule has 2 aliphatic carbocycles. The summed E-state index contributed by atoms with van der Waals surface area (Å²) in [6.07, 6.45) is 9.08. The van der Waals surface area contributed by atoms with E-state index < -0.39 is 14.8 Å². The highest BCUT2D eigenvalue weighted by Crippen LogP contribution is 2.30. The Balaban J connectivity index is 1.46. The highest BCUT2D eigenvalue weighted by atomic mass is 32.2. The van der Waals surface area contributed by atoms with Crippen molar-refractivity contribution in [3.63, 3.8) is 0 Å². The maximum atomic E-state index is 12.7. The largest absolute Gasteiger partial charge is 0.385 e. The summed E-state index contributed by atoms with van der Waals surface area (Å²) < 4.78 is 27.8. The molecule has 1 aromatic rings. The predicted octanol–water partition coefficient (Wildman–Crippen LogP) is 4.64. The van der Waals surface area contributed by atoms with Gasteiger partial charge >= 0.3 is 0 Å². The van der Waals surface area contributed by atoms with E-state index in [4.69, 9.17) is 0 Å². The first-order valence-electron chi connectivity index (χ1n) is 10.7. The third-order valence-electron chi connectivity index (χ3n) is 7.01. The Labute approximate surface area is 165 Å². The number of sulfonamides is 1. The highest BCUT2D eigenvalue weighted by molar-refractivity contribution is 7.90. The summed E-state index contributed by atoms with van der Waals surface area (Å²) in [5.74, 6) is 0.628. The molecule has 2 N–H and O–H groups in total. The van der Waals surface area contributed by atoms with Crippen LogP contribution in [-0.2, 0) is 22.9 Å². The molecule has 1 fully saturated rings. The fraction of sp³-hybridized carbons (Fsp3) is 0.727. The maximum absolute atomic E-state index is 12.7. The average molecular weight is 393 g/mol. The summed E-state index contributed by atoms with van der Waals surface area (Å²) in [5, 5.41) is 3.61. The van der Waals surface area contributed by atoms with Crippen molar-refractivity contribution in [1.29, 1.82) is 0 Å². The van der Waals surface area contributed by atoms with Gasteiger partial charge in [-0.2, -0.15) is 0 Å². The molecule has 152 valence electrons. The quantitative estimate of drug-likeness (QED) is 0.677. The molecular weight excluding hydrogens is 356 g/mol. The van der Waals surface area contributed by atoms with Crippen LogP contribution in [0.2, 0.25) is 0 Å². The predicted molar refractivity (Wildman–Crippen MR) is 114 cm³/mol. The highest BCUT2D eigenvalue weighted by Gasteiger charge is 2.37. The van der Waals surface area contributed by atoms with Crippen LogP contribution in [0.15, 0.2) is 18.2 Å². The number of hydrogen-bond acceptors (Lipinski definition) is 3. The van der Waals surface area contributed by atoms with E-state index in [2.05, 4.69) is 28.2 Å². The third-order valence-corrected chi connectivity index (χ3v) is 9.52. The lowest BCUT2D eigenvalue weighted by Crippen LogP contribution is -2.48. The average Bonchev–Trinajstić information content (AvgIpc) is 3.14. The number of fused-ring (bicyclic) bond motifs is 1. The van der Waals surface area contributed by atoms with Crippen molar-refractivity contribution in [3.8, 4) is 0 Å². The van der Waals surface area contributed by atoms with Gasteiger partial charge in [0, 0.05) is 18.3 Å². The Kier molecular flexibility index (Phi) is 6.52. The second-order valence-electron chi connectivity index (χ2n) is 8.71. The van der Waals surface area contributed by atoms with Crippen LogP contribution in [0.25, 0.3) is 0 Å². The molecule has 0 aromatic heterocycles. The van der Waals surface area contributed by atoms with E-state index in [0.717, 1.165) is 32.2 Å². The number of benzene rings is 1. The van der Waals surface area contributed by atoms with E-state index in [1.54, 1.807) is 0 Å². The van der Waals surface area contributed by atoms with Gasteiger partial charge in [-0.1, -0.05) is 19.9 Å². The summed E-state index contributed by atoms with van der Waals surface area (Å²) in [6.45, 7) is 6.77. The fourth-order valence-electron chi connectivity index (χ4n) is 4.42. The molecule has 0 unspecified atom stereocenters. The lowest BCUT2D eigenvalue weighted by atomic mass is 9.86. The van der Waals surface area contributed by atoms with Gasteiger partial charge in [-0.15, -0.1) is 0 Å². The van der Waals surface area contributed by atoms with E-state index in [1.165, 1.54) is 36.1 Å². The minimum atomic E-state index is -3.27. The second kappa shape index (κ2) is 8.52. The smallest absolute Gasteiger partial charge is 0.217 e. The van der Waals surface area contributed by atoms with Gasteiger partial charge in [0.05, 0.1) is 4.75 Å². The molecule has 0 saturated heterocycles. The molecule has 27 heavy (non-hydrogen) atoms. The van der Waals surface area contributed by atoms with Crippen LogP contribution >= 0.6 is 0 Å². The molecule has 0 radical (unpaired) electrons. The lowest BCUT2D eigenvalue weighted by molar-refractivity contribution is 0.321. The van der Waals surface area contributed by atoms with E-state index in [1.807, 2.05) is 20.8 Å². The number of rotatable bonds is 8. The number of nitrogens with one attached hydrogen (secondary N) is 2. The first-order chi connectivity index (χ1) is 12.9. The second-order valence-corrected chi connectivity index (χ2v) is 10.9. The Hall–Kier alpha value is -1.07. The minimum Gasteiger partial charge on any atom is -0.385 e. The number of anilines is 1. The van der Waals surface area contributed by atoms with E-state index in [0.29, 0.717) is 18.8 Å². The summed E-state index contributed by atoms with van der Waals surface area (Å²) >= 11 is 0. The number of aryl methyl sites for hydroxylation is 2. The standard InChI is InChI=1S/C22H36N2O2S/c1-4-22(3,5-2)27(25,26)24-20-12-9-17(10-13-20)16-23-21-14-11-18-7-6-8-19(18)15-21/h11,14-15,17,20,23-24H,4-10,12-13,16H2,1-3H3. The van der Waals surface area contributed by atoms with Crippen molar-refractivity contribution in [2.75, 3.05) is 11.9 Å². The molecule has 1 aromatic carbocycles. The monoisotopic (exact) mass is 392 g/mol. The Bertz CT molecular complexity index is 733. The summed E-state index contributed by atoms with van der Waals surface area (Å²) in [5.41, 5.74) is 4.26. The molecule has 0 atom stereocenters. The van der Waals surface area contributed by atoms with Crippen molar-refractivity contribution >= 4 is 15.7 Å². The molecule has 1 saturated carbocycles. The molecule has 3 rings (SSSR count). The zero-order valence-electron chi connectivity index (χ0n) is 17.2. The van der Waals surface area contributed by atoms with Crippen molar-refractivity contribution < 1.29 is 8.42 Å². The summed E-state index contributed by atoms with van der Waals surface area (Å²) in [7, 11) is -3.27. The number of hydrogen-bond donors (Lipinski definition) is 2. The minimum absolute atomic E-state index is 0.101. The van der Waals surface area contributed by atoms with Gasteiger partial charge in [-0.25, -0.2) is 13.1 Å². The molecule has 0 heterocycles. The zero-order chi connectivity index (χ0) is 19.5. The molecule has 0 bridgehead atoms. The Morgan fingerprint density at radius 3 is 2.37 bits per heavy atom. The van der Waals surface area contributed by atoms with Gasteiger partial charge in [-0.3, -0.25) is 0 Å². The van der Waals surface area contributed by atoms with Crippen molar-refractivity contribution in [3.05, 3.63) is 29.3 Å². The molecule has 0 amide bonds. The molecule has 2 aliphatic rings. The van der Waals surface area contributed by atoms with Gasteiger partial charge < -0.3 is 5.32 Å². The maximum Gasteiger partial charge on any atom is 0.217 e. The van der Waals surface area contributed by atoms with Crippen LogP contribution in [-0.4, -0.2) is 25.8 Å². The van der Waals surface area contributed by atoms with E-state index in [9.17, 15) is 8.42 Å². The summed E-state index contributed by atoms with van der Waals surface area (Å²) in [4.78, 5) is 0. The molecule has 5 heteroatoms. The van der Waals surface area contributed by atoms with E-state index >= 15 is 0 Å². The first kappa shape index (κ1) is 20.7. The van der Waals surface area contributed by atoms with Gasteiger partial charge in [0.25, 0.3) is 0 Å². The van der Waals surface area contributed by atoms with Crippen LogP contribution in [0.1, 0.15) is 76.8 Å². The van der Waals surface area contributed by atoms with Crippen LogP contribution < -0.4 is 10.0 Å². The van der Waals surface area contributed by atoms with Crippen molar-refractivity contribution in [2.24, 2.45) is 5.92 Å². The fourth-order valence-corrected chi connectivity index (χ4v) is 6.14. The van der Waals surface area contributed by atoms with Crippen molar-refractivity contribution in [1.82, 2.24) is 4.72 Å². The topological polar surface area (TPSA) is 58.2 Å². The van der Waals surface area contributed by atoms with Gasteiger partial charge in [0.2, 0.25) is 10.0 Å². The van der Waals surface area contributed by atoms with Crippen LogP contribution in [0.3, 0.4) is 0 Å². The Morgan fingerprint density at radius 1 is 1.04 bits per heavy atom. The lowest BCUT2D eigenvalue weighted by Gasteiger charge is -2.33. The first-order valence-corrected chi connectivity index (χ1v) is 12.2. The zero-order valence-corrected chi connectivity index (χ0v) is 18.0. The van der Waals surface area contributed by atoms with Gasteiger partial charge in [0.15, 0.2) is 0 Å². The van der Waals surface area contributed by atoms with Crippen LogP contribution in [0.4, 0.5) is 5.69 Å². The van der Waals surface area contributed by atoms with E-state index in [-0.39, 0.29) is 6.04 Å². The molecule has 0 spiro atoms. The van der Waals surface area contributed by atoms with Gasteiger partial charge in [-0.05, 0) is 93.9 Å². The summed E-state index contributed by atoms with van der Waals surface area (Å²) in [6, 6.07) is 6.90. The Morgan fingerprint density at radius 2 is 1.70 bits per heavy atom. The van der Waals surface area contributed by atoms with Crippen molar-refractivity contribution in [2.45, 2.75) is 89.3 Å². The third kappa shape index (κ3) is 4.68. The molecule has 4 nitrogen and oxygen atoms in total. The molecular formula is C22H36N2O2S. The van der Waals surface area contributed by atoms with Crippen LogP contribution in [0.5, 0.6) is 0 Å². The normalized spacial score (nSPS) is 23.2. The van der Waals surface area contributed by atoms with Crippen LogP contribution in [0, 0.1) is 5.92 Å². The molecule has 0 aliphatic heterocycles.